The van der Waals surface area contributed by atoms with Crippen LogP contribution in [-0.2, 0) is 4.84 Å². The zero-order chi connectivity index (χ0) is 8.10. The highest BCUT2D eigenvalue weighted by Gasteiger charge is 1.93. The number of hydrogen-bond donors (Lipinski definition) is 1. The summed E-state index contributed by atoms with van der Waals surface area (Å²) in [6.07, 6.45) is 4.39. The van der Waals surface area contributed by atoms with E-state index in [4.69, 9.17) is 5.73 Å². The highest BCUT2D eigenvalue weighted by Crippen LogP contribution is 2.00. The maximum Gasteiger partial charge on any atom is 0.135 e. The van der Waals surface area contributed by atoms with E-state index in [9.17, 15) is 0 Å². The first-order chi connectivity index (χ1) is 5.34. The molecule has 0 fully saturated rings. The van der Waals surface area contributed by atoms with Crippen LogP contribution in [0, 0.1) is 0 Å². The van der Waals surface area contributed by atoms with Crippen molar-refractivity contribution >= 4 is 12.0 Å². The van der Waals surface area contributed by atoms with Crippen LogP contribution in [0.15, 0.2) is 17.7 Å². The Balaban J connectivity index is 2.86. The SMILES string of the molecule is CO/N=C/c1cncnc1N. The molecule has 1 heterocycles. The summed E-state index contributed by atoms with van der Waals surface area (Å²) in [6, 6.07) is 0. The van der Waals surface area contributed by atoms with E-state index in [0.29, 0.717) is 11.4 Å². The summed E-state index contributed by atoms with van der Waals surface area (Å²) in [5.74, 6) is 0.390. The summed E-state index contributed by atoms with van der Waals surface area (Å²) in [7, 11) is 1.45. The van der Waals surface area contributed by atoms with Crippen molar-refractivity contribution in [3.63, 3.8) is 0 Å². The van der Waals surface area contributed by atoms with Crippen LogP contribution >= 0.6 is 0 Å². The topological polar surface area (TPSA) is 73.4 Å². The highest BCUT2D eigenvalue weighted by atomic mass is 16.6. The summed E-state index contributed by atoms with van der Waals surface area (Å²) < 4.78 is 0. The molecule has 5 heteroatoms. The third-order valence-electron chi connectivity index (χ3n) is 1.07. The summed E-state index contributed by atoms with van der Waals surface area (Å²) in [4.78, 5) is 12.0. The Hall–Kier alpha value is -1.65. The van der Waals surface area contributed by atoms with Crippen molar-refractivity contribution in [3.8, 4) is 0 Å². The number of aromatic nitrogens is 2. The molecule has 0 atom stereocenters. The highest BCUT2D eigenvalue weighted by molar-refractivity contribution is 5.84. The second kappa shape index (κ2) is 3.50. The molecule has 0 aliphatic carbocycles. The van der Waals surface area contributed by atoms with Gasteiger partial charge in [-0.1, -0.05) is 5.16 Å². The van der Waals surface area contributed by atoms with E-state index in [2.05, 4.69) is 20.0 Å². The zero-order valence-electron chi connectivity index (χ0n) is 6.06. The van der Waals surface area contributed by atoms with Crippen LogP contribution in [0.3, 0.4) is 0 Å². The summed E-state index contributed by atoms with van der Waals surface area (Å²) in [5.41, 5.74) is 6.11. The third-order valence-corrected chi connectivity index (χ3v) is 1.07. The number of anilines is 1. The smallest absolute Gasteiger partial charge is 0.135 e. The fourth-order valence-electron chi connectivity index (χ4n) is 0.559. The number of nitrogens with zero attached hydrogens (tertiary/aromatic N) is 3. The van der Waals surface area contributed by atoms with Gasteiger partial charge in [0, 0.05) is 6.20 Å². The van der Waals surface area contributed by atoms with Gasteiger partial charge in [0.05, 0.1) is 11.8 Å². The molecule has 11 heavy (non-hydrogen) atoms. The van der Waals surface area contributed by atoms with Gasteiger partial charge >= 0.3 is 0 Å². The second-order valence-corrected chi connectivity index (χ2v) is 1.78. The molecule has 1 aromatic heterocycles. The molecule has 1 rings (SSSR count). The molecule has 0 saturated carbocycles. The molecule has 0 saturated heterocycles. The quantitative estimate of drug-likeness (QED) is 0.479. The molecule has 0 amide bonds. The maximum atomic E-state index is 5.46. The first kappa shape index (κ1) is 7.46. The molecule has 1 aromatic rings. The number of rotatable bonds is 2. The standard InChI is InChI=1S/C6H8N4O/c1-11-10-3-5-2-8-4-9-6(5)7/h2-4H,1H3,(H2,7,8,9)/b10-3+. The zero-order valence-corrected chi connectivity index (χ0v) is 6.06. The van der Waals surface area contributed by atoms with Gasteiger partial charge in [-0.3, -0.25) is 0 Å². The summed E-state index contributed by atoms with van der Waals surface area (Å²) in [5, 5.41) is 3.52. The van der Waals surface area contributed by atoms with Gasteiger partial charge < -0.3 is 10.6 Å². The van der Waals surface area contributed by atoms with Crippen molar-refractivity contribution in [3.05, 3.63) is 18.1 Å². The Morgan fingerprint density at radius 1 is 1.73 bits per heavy atom. The van der Waals surface area contributed by atoms with E-state index < -0.39 is 0 Å². The minimum absolute atomic E-state index is 0.390. The lowest BCUT2D eigenvalue weighted by molar-refractivity contribution is 0.215. The first-order valence-electron chi connectivity index (χ1n) is 2.96. The number of oxime groups is 1. The van der Waals surface area contributed by atoms with E-state index in [1.54, 1.807) is 6.20 Å². The fourth-order valence-corrected chi connectivity index (χ4v) is 0.559. The van der Waals surface area contributed by atoms with Crippen LogP contribution in [0.5, 0.6) is 0 Å². The second-order valence-electron chi connectivity index (χ2n) is 1.78. The molecule has 0 aliphatic rings. The molecular weight excluding hydrogens is 144 g/mol. The van der Waals surface area contributed by atoms with Crippen LogP contribution in [0.25, 0.3) is 0 Å². The number of nitrogens with two attached hydrogens (primary N) is 1. The van der Waals surface area contributed by atoms with Crippen LogP contribution in [0.4, 0.5) is 5.82 Å². The van der Waals surface area contributed by atoms with Gasteiger partial charge in [-0.25, -0.2) is 9.97 Å². The van der Waals surface area contributed by atoms with Crippen LogP contribution in [0.2, 0.25) is 0 Å². The monoisotopic (exact) mass is 152 g/mol. The lowest BCUT2D eigenvalue weighted by Gasteiger charge is -1.94. The molecule has 0 radical (unpaired) electrons. The van der Waals surface area contributed by atoms with Crippen molar-refractivity contribution in [2.24, 2.45) is 5.16 Å². The van der Waals surface area contributed by atoms with E-state index >= 15 is 0 Å². The average Bonchev–Trinajstić information content (AvgIpc) is 2.03. The molecular formula is C6H8N4O. The molecule has 58 valence electrons. The predicted molar refractivity (Wildman–Crippen MR) is 41.0 cm³/mol. The van der Waals surface area contributed by atoms with Crippen LogP contribution in [-0.4, -0.2) is 23.3 Å². The number of hydrogen-bond acceptors (Lipinski definition) is 5. The normalized spacial score (nSPS) is 10.3. The molecule has 2 N–H and O–H groups in total. The van der Waals surface area contributed by atoms with Gasteiger partial charge in [0.25, 0.3) is 0 Å². The lowest BCUT2D eigenvalue weighted by Crippen LogP contribution is -1.97. The first-order valence-corrected chi connectivity index (χ1v) is 2.96. The predicted octanol–water partition coefficient (Wildman–Crippen LogP) is 0.0391. The number of nitrogen functional groups attached to an aromatic ring is 1. The van der Waals surface area contributed by atoms with Gasteiger partial charge in [0.15, 0.2) is 0 Å². The van der Waals surface area contributed by atoms with Crippen molar-refractivity contribution in [1.29, 1.82) is 0 Å². The van der Waals surface area contributed by atoms with Gasteiger partial charge in [-0.2, -0.15) is 0 Å². The van der Waals surface area contributed by atoms with Gasteiger partial charge in [-0.15, -0.1) is 0 Å². The molecule has 0 unspecified atom stereocenters. The Bertz CT molecular complexity index is 261. The molecule has 0 aliphatic heterocycles. The molecule has 5 nitrogen and oxygen atoms in total. The van der Waals surface area contributed by atoms with Crippen LogP contribution in [0.1, 0.15) is 5.56 Å². The minimum Gasteiger partial charge on any atom is -0.399 e. The van der Waals surface area contributed by atoms with Crippen LogP contribution < -0.4 is 5.73 Å². The third kappa shape index (κ3) is 1.89. The summed E-state index contributed by atoms with van der Waals surface area (Å²) in [6.45, 7) is 0. The molecule has 0 bridgehead atoms. The van der Waals surface area contributed by atoms with Gasteiger partial charge in [0.2, 0.25) is 0 Å². The van der Waals surface area contributed by atoms with Gasteiger partial charge in [-0.05, 0) is 0 Å². The Kier molecular flexibility index (Phi) is 2.37. The average molecular weight is 152 g/mol. The van der Waals surface area contributed by atoms with Crippen molar-refractivity contribution < 1.29 is 4.84 Å². The van der Waals surface area contributed by atoms with Gasteiger partial charge in [0.1, 0.15) is 19.3 Å². The van der Waals surface area contributed by atoms with E-state index in [1.165, 1.54) is 19.7 Å². The molecule has 0 spiro atoms. The summed E-state index contributed by atoms with van der Waals surface area (Å²) >= 11 is 0. The van der Waals surface area contributed by atoms with Crippen molar-refractivity contribution in [1.82, 2.24) is 9.97 Å². The Morgan fingerprint density at radius 2 is 2.55 bits per heavy atom. The van der Waals surface area contributed by atoms with E-state index in [0.717, 1.165) is 0 Å². The molecule has 0 aromatic carbocycles. The maximum absolute atomic E-state index is 5.46. The Labute approximate surface area is 63.9 Å². The van der Waals surface area contributed by atoms with E-state index in [-0.39, 0.29) is 0 Å². The van der Waals surface area contributed by atoms with Crippen molar-refractivity contribution in [2.45, 2.75) is 0 Å². The fraction of sp³-hybridized carbons (Fsp3) is 0.167. The lowest BCUT2D eigenvalue weighted by atomic mass is 10.3. The van der Waals surface area contributed by atoms with E-state index in [1.807, 2.05) is 0 Å². The minimum atomic E-state index is 0.390. The Morgan fingerprint density at radius 3 is 3.18 bits per heavy atom. The largest absolute Gasteiger partial charge is 0.399 e. The van der Waals surface area contributed by atoms with Crippen molar-refractivity contribution in [2.75, 3.05) is 12.8 Å².